The Bertz CT molecular complexity index is 838. The van der Waals surface area contributed by atoms with Gasteiger partial charge in [-0.3, -0.25) is 4.79 Å². The molecule has 0 saturated heterocycles. The highest BCUT2D eigenvalue weighted by Crippen LogP contribution is 2.28. The van der Waals surface area contributed by atoms with Crippen molar-refractivity contribution in [2.75, 3.05) is 6.54 Å². The highest BCUT2D eigenvalue weighted by molar-refractivity contribution is 7.17. The Labute approximate surface area is 152 Å². The molecule has 0 aliphatic rings. The number of thiazole rings is 1. The predicted octanol–water partition coefficient (Wildman–Crippen LogP) is 4.65. The minimum Gasteiger partial charge on any atom is -0.351 e. The van der Waals surface area contributed by atoms with Crippen LogP contribution >= 0.6 is 11.3 Å². The van der Waals surface area contributed by atoms with Crippen molar-refractivity contribution in [3.05, 3.63) is 76.3 Å². The Hall–Kier alpha value is -2.46. The molecule has 0 radical (unpaired) electrons. The molecule has 0 aliphatic heterocycles. The minimum atomic E-state index is -0.0395. The Morgan fingerprint density at radius 3 is 2.44 bits per heavy atom. The molecule has 0 spiro atoms. The summed E-state index contributed by atoms with van der Waals surface area (Å²) in [6.07, 6.45) is 1.85. The van der Waals surface area contributed by atoms with Gasteiger partial charge in [0.2, 0.25) is 0 Å². The molecular weight excluding hydrogens is 328 g/mol. The molecule has 4 heteroatoms. The summed E-state index contributed by atoms with van der Waals surface area (Å²) in [5, 5.41) is 3.90. The van der Waals surface area contributed by atoms with Crippen LogP contribution in [0, 0.1) is 6.92 Å². The molecule has 25 heavy (non-hydrogen) atoms. The van der Waals surface area contributed by atoms with Crippen LogP contribution in [0.25, 0.3) is 10.6 Å². The molecule has 1 amide bonds. The number of amides is 1. The van der Waals surface area contributed by atoms with Crippen molar-refractivity contribution in [2.45, 2.75) is 26.7 Å². The van der Waals surface area contributed by atoms with Crippen LogP contribution in [0.4, 0.5) is 0 Å². The quantitative estimate of drug-likeness (QED) is 0.703. The standard InChI is InChI=1S/C21H22N2OS/c1-3-16-9-11-18(12-10-16)21-23-15(2)19(25-21)20(24)22-14-13-17-7-5-4-6-8-17/h4-12H,3,13-14H2,1-2H3,(H,22,24). The molecule has 0 saturated carbocycles. The van der Waals surface area contributed by atoms with Crippen molar-refractivity contribution in [1.29, 1.82) is 0 Å². The molecule has 0 atom stereocenters. The summed E-state index contributed by atoms with van der Waals surface area (Å²) in [7, 11) is 0. The molecular formula is C21H22N2OS. The minimum absolute atomic E-state index is 0.0395. The summed E-state index contributed by atoms with van der Waals surface area (Å²) < 4.78 is 0. The maximum atomic E-state index is 12.5. The van der Waals surface area contributed by atoms with E-state index < -0.39 is 0 Å². The highest BCUT2D eigenvalue weighted by Gasteiger charge is 2.15. The first kappa shape index (κ1) is 17.4. The number of aryl methyl sites for hydroxylation is 2. The van der Waals surface area contributed by atoms with Crippen LogP contribution in [0.3, 0.4) is 0 Å². The number of hydrogen-bond donors (Lipinski definition) is 1. The average Bonchev–Trinajstić information content (AvgIpc) is 3.04. The van der Waals surface area contributed by atoms with E-state index in [1.54, 1.807) is 0 Å². The second-order valence-corrected chi connectivity index (χ2v) is 6.97. The van der Waals surface area contributed by atoms with Crippen LogP contribution in [0.2, 0.25) is 0 Å². The molecule has 0 aliphatic carbocycles. The zero-order valence-corrected chi connectivity index (χ0v) is 15.4. The lowest BCUT2D eigenvalue weighted by Gasteiger charge is -2.04. The summed E-state index contributed by atoms with van der Waals surface area (Å²) in [6.45, 7) is 4.66. The fourth-order valence-electron chi connectivity index (χ4n) is 2.66. The van der Waals surface area contributed by atoms with Gasteiger partial charge in [0.25, 0.3) is 5.91 Å². The third-order valence-electron chi connectivity index (χ3n) is 4.15. The van der Waals surface area contributed by atoms with Gasteiger partial charge in [-0.15, -0.1) is 11.3 Å². The SMILES string of the molecule is CCc1ccc(-c2nc(C)c(C(=O)NCCc3ccccc3)s2)cc1. The summed E-state index contributed by atoms with van der Waals surface area (Å²) in [6, 6.07) is 18.6. The van der Waals surface area contributed by atoms with E-state index >= 15 is 0 Å². The van der Waals surface area contributed by atoms with Crippen LogP contribution in [0.15, 0.2) is 54.6 Å². The van der Waals surface area contributed by atoms with E-state index in [0.29, 0.717) is 11.4 Å². The highest BCUT2D eigenvalue weighted by atomic mass is 32.1. The molecule has 2 aromatic carbocycles. The zero-order chi connectivity index (χ0) is 17.6. The predicted molar refractivity (Wildman–Crippen MR) is 104 cm³/mol. The number of hydrogen-bond acceptors (Lipinski definition) is 3. The van der Waals surface area contributed by atoms with E-state index in [-0.39, 0.29) is 5.91 Å². The lowest BCUT2D eigenvalue weighted by atomic mass is 10.1. The van der Waals surface area contributed by atoms with Crippen LogP contribution in [-0.4, -0.2) is 17.4 Å². The Kier molecular flexibility index (Phi) is 5.61. The first-order valence-corrected chi connectivity index (χ1v) is 9.38. The largest absolute Gasteiger partial charge is 0.351 e. The van der Waals surface area contributed by atoms with Crippen molar-refractivity contribution in [2.24, 2.45) is 0 Å². The molecule has 3 nitrogen and oxygen atoms in total. The first-order valence-electron chi connectivity index (χ1n) is 8.56. The lowest BCUT2D eigenvalue weighted by Crippen LogP contribution is -2.25. The lowest BCUT2D eigenvalue weighted by molar-refractivity contribution is 0.0957. The van der Waals surface area contributed by atoms with E-state index in [0.717, 1.165) is 29.1 Å². The number of carbonyl (C=O) groups excluding carboxylic acids is 1. The molecule has 0 bridgehead atoms. The Balaban J connectivity index is 1.65. The fraction of sp³-hybridized carbons (Fsp3) is 0.238. The second kappa shape index (κ2) is 8.08. The van der Waals surface area contributed by atoms with Crippen LogP contribution in [0.5, 0.6) is 0 Å². The fourth-order valence-corrected chi connectivity index (χ4v) is 3.65. The van der Waals surface area contributed by atoms with Gasteiger partial charge in [0.1, 0.15) is 9.88 Å². The van der Waals surface area contributed by atoms with E-state index in [4.69, 9.17) is 0 Å². The normalized spacial score (nSPS) is 10.6. The van der Waals surface area contributed by atoms with Crippen molar-refractivity contribution in [1.82, 2.24) is 10.3 Å². The van der Waals surface area contributed by atoms with Crippen molar-refractivity contribution >= 4 is 17.2 Å². The van der Waals surface area contributed by atoms with Gasteiger partial charge < -0.3 is 5.32 Å². The molecule has 3 aromatic rings. The van der Waals surface area contributed by atoms with Crippen molar-refractivity contribution in [3.8, 4) is 10.6 Å². The maximum absolute atomic E-state index is 12.5. The molecule has 1 N–H and O–H groups in total. The van der Waals surface area contributed by atoms with Gasteiger partial charge >= 0.3 is 0 Å². The van der Waals surface area contributed by atoms with Crippen LogP contribution in [-0.2, 0) is 12.8 Å². The number of aromatic nitrogens is 1. The number of carbonyl (C=O) groups is 1. The first-order chi connectivity index (χ1) is 12.2. The molecule has 0 fully saturated rings. The molecule has 128 valence electrons. The summed E-state index contributed by atoms with van der Waals surface area (Å²) in [5.74, 6) is -0.0395. The topological polar surface area (TPSA) is 42.0 Å². The summed E-state index contributed by atoms with van der Waals surface area (Å²) in [5.41, 5.74) is 4.38. The number of benzene rings is 2. The van der Waals surface area contributed by atoms with Crippen molar-refractivity contribution < 1.29 is 4.79 Å². The van der Waals surface area contributed by atoms with E-state index in [1.165, 1.54) is 22.5 Å². The van der Waals surface area contributed by atoms with Crippen molar-refractivity contribution in [3.63, 3.8) is 0 Å². The monoisotopic (exact) mass is 350 g/mol. The van der Waals surface area contributed by atoms with Crippen LogP contribution < -0.4 is 5.32 Å². The van der Waals surface area contributed by atoms with Gasteiger partial charge in [-0.05, 0) is 30.9 Å². The molecule has 1 aromatic heterocycles. The number of nitrogens with zero attached hydrogens (tertiary/aromatic N) is 1. The maximum Gasteiger partial charge on any atom is 0.263 e. The smallest absolute Gasteiger partial charge is 0.263 e. The molecule has 3 rings (SSSR count). The van der Waals surface area contributed by atoms with E-state index in [9.17, 15) is 4.79 Å². The third kappa shape index (κ3) is 4.34. The van der Waals surface area contributed by atoms with Gasteiger partial charge in [0.05, 0.1) is 5.69 Å². The number of rotatable bonds is 6. The average molecular weight is 350 g/mol. The molecule has 1 heterocycles. The Morgan fingerprint density at radius 2 is 1.76 bits per heavy atom. The molecule has 0 unspecified atom stereocenters. The van der Waals surface area contributed by atoms with E-state index in [2.05, 4.69) is 53.6 Å². The zero-order valence-electron chi connectivity index (χ0n) is 14.6. The van der Waals surface area contributed by atoms with Gasteiger partial charge in [0.15, 0.2) is 0 Å². The van der Waals surface area contributed by atoms with Crippen LogP contribution in [0.1, 0.15) is 33.4 Å². The number of nitrogens with one attached hydrogen (secondary N) is 1. The second-order valence-electron chi connectivity index (χ2n) is 5.98. The van der Waals surface area contributed by atoms with E-state index in [1.807, 2.05) is 25.1 Å². The Morgan fingerprint density at radius 1 is 1.04 bits per heavy atom. The summed E-state index contributed by atoms with van der Waals surface area (Å²) >= 11 is 1.46. The summed E-state index contributed by atoms with van der Waals surface area (Å²) in [4.78, 5) is 17.7. The van der Waals surface area contributed by atoms with Gasteiger partial charge in [-0.1, -0.05) is 61.5 Å². The third-order valence-corrected chi connectivity index (χ3v) is 5.36. The van der Waals surface area contributed by atoms with Gasteiger partial charge in [-0.25, -0.2) is 4.98 Å². The van der Waals surface area contributed by atoms with Gasteiger partial charge in [-0.2, -0.15) is 0 Å². The van der Waals surface area contributed by atoms with Gasteiger partial charge in [0, 0.05) is 12.1 Å².